The quantitative estimate of drug-likeness (QED) is 0.882. The van der Waals surface area contributed by atoms with Gasteiger partial charge >= 0.3 is 0 Å². The predicted molar refractivity (Wildman–Crippen MR) is 62.1 cm³/mol. The lowest BCUT2D eigenvalue weighted by Crippen LogP contribution is -2.42. The van der Waals surface area contributed by atoms with E-state index in [1.54, 1.807) is 12.1 Å². The zero-order valence-electron chi connectivity index (χ0n) is 9.22. The Labute approximate surface area is 99.7 Å². The number of hydrogen-bond acceptors (Lipinski definition) is 2. The molecule has 2 rings (SSSR count). The van der Waals surface area contributed by atoms with Crippen molar-refractivity contribution in [2.45, 2.75) is 25.4 Å². The number of benzene rings is 1. The third-order valence-corrected chi connectivity index (χ3v) is 3.17. The predicted octanol–water partition coefficient (Wildman–Crippen LogP) is 2.75. The third-order valence-electron chi connectivity index (χ3n) is 2.93. The summed E-state index contributed by atoms with van der Waals surface area (Å²) in [5.74, 6) is -0.223. The summed E-state index contributed by atoms with van der Waals surface area (Å²) in [6.07, 6.45) is 0.954. The second-order valence-electron chi connectivity index (χ2n) is 4.45. The highest BCUT2D eigenvalue weighted by atomic mass is 35.5. The Morgan fingerprint density at radius 1 is 1.56 bits per heavy atom. The van der Waals surface area contributed by atoms with Gasteiger partial charge < -0.3 is 10.1 Å². The van der Waals surface area contributed by atoms with E-state index in [-0.39, 0.29) is 11.4 Å². The molecule has 0 aromatic heterocycles. The topological polar surface area (TPSA) is 21.3 Å². The number of rotatable bonds is 3. The first kappa shape index (κ1) is 11.8. The van der Waals surface area contributed by atoms with Crippen LogP contribution in [-0.4, -0.2) is 18.8 Å². The maximum absolute atomic E-state index is 13.4. The number of halogens is 2. The van der Waals surface area contributed by atoms with Crippen molar-refractivity contribution >= 4 is 11.6 Å². The Balaban J connectivity index is 2.01. The fourth-order valence-electron chi connectivity index (χ4n) is 1.79. The molecule has 88 valence electrons. The minimum Gasteiger partial charge on any atom is -0.379 e. The Morgan fingerprint density at radius 3 is 3.06 bits per heavy atom. The van der Waals surface area contributed by atoms with Crippen LogP contribution in [0.2, 0.25) is 5.02 Å². The van der Waals surface area contributed by atoms with Gasteiger partial charge in [0.05, 0.1) is 6.61 Å². The number of ether oxygens (including phenoxy) is 1. The van der Waals surface area contributed by atoms with E-state index < -0.39 is 0 Å². The first-order chi connectivity index (χ1) is 7.59. The van der Waals surface area contributed by atoms with Gasteiger partial charge in [0, 0.05) is 29.3 Å². The lowest BCUT2D eigenvalue weighted by molar-refractivity contribution is 0.171. The molecule has 1 aromatic carbocycles. The molecule has 1 heterocycles. The zero-order valence-corrected chi connectivity index (χ0v) is 9.98. The Hall–Kier alpha value is -0.640. The van der Waals surface area contributed by atoms with Crippen LogP contribution >= 0.6 is 11.6 Å². The molecule has 4 heteroatoms. The highest BCUT2D eigenvalue weighted by Crippen LogP contribution is 2.20. The molecule has 0 amide bonds. The van der Waals surface area contributed by atoms with E-state index in [0.29, 0.717) is 23.7 Å². The van der Waals surface area contributed by atoms with Crippen molar-refractivity contribution in [2.75, 3.05) is 13.2 Å². The van der Waals surface area contributed by atoms with Gasteiger partial charge in [0.25, 0.3) is 0 Å². The van der Waals surface area contributed by atoms with Gasteiger partial charge in [-0.1, -0.05) is 11.6 Å². The molecule has 0 radical (unpaired) electrons. The summed E-state index contributed by atoms with van der Waals surface area (Å²) >= 11 is 5.83. The van der Waals surface area contributed by atoms with Crippen LogP contribution in [0.3, 0.4) is 0 Å². The highest BCUT2D eigenvalue weighted by Gasteiger charge is 2.28. The van der Waals surface area contributed by atoms with Crippen molar-refractivity contribution in [3.05, 3.63) is 34.6 Å². The highest BCUT2D eigenvalue weighted by molar-refractivity contribution is 6.30. The van der Waals surface area contributed by atoms with E-state index in [0.717, 1.165) is 13.0 Å². The molecule has 0 bridgehead atoms. The number of nitrogens with one attached hydrogen (secondary N) is 1. The lowest BCUT2D eigenvalue weighted by atomic mass is 10.0. The molecular formula is C12H15ClFNO. The van der Waals surface area contributed by atoms with Gasteiger partial charge in [0.2, 0.25) is 0 Å². The van der Waals surface area contributed by atoms with Crippen LogP contribution in [0.25, 0.3) is 0 Å². The molecule has 16 heavy (non-hydrogen) atoms. The second kappa shape index (κ2) is 4.70. The molecular weight excluding hydrogens is 229 g/mol. The molecule has 1 fully saturated rings. The van der Waals surface area contributed by atoms with Crippen LogP contribution in [0.15, 0.2) is 18.2 Å². The van der Waals surface area contributed by atoms with Crippen LogP contribution in [0, 0.1) is 5.82 Å². The van der Waals surface area contributed by atoms with E-state index in [2.05, 4.69) is 12.2 Å². The molecule has 1 aliphatic rings. The van der Waals surface area contributed by atoms with E-state index >= 15 is 0 Å². The van der Waals surface area contributed by atoms with E-state index in [1.807, 2.05) is 0 Å². The summed E-state index contributed by atoms with van der Waals surface area (Å²) in [4.78, 5) is 0. The summed E-state index contributed by atoms with van der Waals surface area (Å²) < 4.78 is 18.8. The number of hydrogen-bond donors (Lipinski definition) is 1. The molecule has 0 spiro atoms. The average molecular weight is 244 g/mol. The lowest BCUT2D eigenvalue weighted by Gasteiger charge is -2.23. The van der Waals surface area contributed by atoms with Gasteiger partial charge in [-0.25, -0.2) is 4.39 Å². The monoisotopic (exact) mass is 243 g/mol. The van der Waals surface area contributed by atoms with Crippen LogP contribution in [-0.2, 0) is 11.3 Å². The summed E-state index contributed by atoms with van der Waals surface area (Å²) in [6, 6.07) is 4.61. The molecule has 1 unspecified atom stereocenters. The molecule has 0 aliphatic carbocycles. The normalized spacial score (nSPS) is 24.9. The molecule has 1 saturated heterocycles. The maximum Gasteiger partial charge on any atom is 0.127 e. The Bertz CT molecular complexity index is 377. The molecule has 1 aromatic rings. The van der Waals surface area contributed by atoms with Crippen LogP contribution in [0.1, 0.15) is 18.9 Å². The molecule has 0 saturated carbocycles. The van der Waals surface area contributed by atoms with Gasteiger partial charge in [-0.3, -0.25) is 0 Å². The summed E-state index contributed by atoms with van der Waals surface area (Å²) in [6.45, 7) is 4.01. The van der Waals surface area contributed by atoms with Crippen LogP contribution in [0.4, 0.5) is 4.39 Å². The zero-order chi connectivity index (χ0) is 11.6. The Kier molecular flexibility index (Phi) is 3.47. The van der Waals surface area contributed by atoms with E-state index in [9.17, 15) is 4.39 Å². The third kappa shape index (κ3) is 2.73. The van der Waals surface area contributed by atoms with Gasteiger partial charge in [-0.05, 0) is 31.5 Å². The fraction of sp³-hybridized carbons (Fsp3) is 0.500. The van der Waals surface area contributed by atoms with Gasteiger partial charge in [-0.15, -0.1) is 0 Å². The summed E-state index contributed by atoms with van der Waals surface area (Å²) in [7, 11) is 0. The van der Waals surface area contributed by atoms with Crippen molar-refractivity contribution in [1.29, 1.82) is 0 Å². The van der Waals surface area contributed by atoms with Crippen LogP contribution in [0.5, 0.6) is 0 Å². The van der Waals surface area contributed by atoms with Crippen molar-refractivity contribution in [3.8, 4) is 0 Å². The first-order valence-electron chi connectivity index (χ1n) is 5.36. The minimum atomic E-state index is -0.223. The van der Waals surface area contributed by atoms with E-state index in [4.69, 9.17) is 16.3 Å². The molecule has 2 nitrogen and oxygen atoms in total. The van der Waals surface area contributed by atoms with Crippen molar-refractivity contribution < 1.29 is 9.13 Å². The molecule has 1 atom stereocenters. The standard InChI is InChI=1S/C12H15ClFNO/c1-12(4-5-16-8-12)15-7-9-6-10(13)2-3-11(9)14/h2-3,6,15H,4-5,7-8H2,1H3. The van der Waals surface area contributed by atoms with E-state index in [1.165, 1.54) is 6.07 Å². The summed E-state index contributed by atoms with van der Waals surface area (Å²) in [5.41, 5.74) is 0.551. The minimum absolute atomic E-state index is 0.0469. The largest absolute Gasteiger partial charge is 0.379 e. The van der Waals surface area contributed by atoms with Gasteiger partial charge in [0.1, 0.15) is 5.82 Å². The maximum atomic E-state index is 13.4. The Morgan fingerprint density at radius 2 is 2.38 bits per heavy atom. The van der Waals surface area contributed by atoms with Crippen molar-refractivity contribution in [2.24, 2.45) is 0 Å². The second-order valence-corrected chi connectivity index (χ2v) is 4.89. The van der Waals surface area contributed by atoms with Gasteiger partial charge in [-0.2, -0.15) is 0 Å². The molecule has 1 N–H and O–H groups in total. The van der Waals surface area contributed by atoms with Gasteiger partial charge in [0.15, 0.2) is 0 Å². The smallest absolute Gasteiger partial charge is 0.127 e. The average Bonchev–Trinajstić information content (AvgIpc) is 2.67. The summed E-state index contributed by atoms with van der Waals surface area (Å²) in [5, 5.41) is 3.88. The first-order valence-corrected chi connectivity index (χ1v) is 5.74. The fourth-order valence-corrected chi connectivity index (χ4v) is 1.99. The van der Waals surface area contributed by atoms with Crippen molar-refractivity contribution in [3.63, 3.8) is 0 Å². The molecule has 1 aliphatic heterocycles. The SMILES string of the molecule is CC1(NCc2cc(Cl)ccc2F)CCOC1. The van der Waals surface area contributed by atoms with Crippen molar-refractivity contribution in [1.82, 2.24) is 5.32 Å². The van der Waals surface area contributed by atoms with Crippen LogP contribution < -0.4 is 5.32 Å².